The van der Waals surface area contributed by atoms with Gasteiger partial charge in [-0.3, -0.25) is 0 Å². The Hall–Kier alpha value is -0.260. The van der Waals surface area contributed by atoms with Crippen LogP contribution in [0.2, 0.25) is 0 Å². The number of benzene rings is 1. The molecule has 0 amide bonds. The number of halogens is 3. The maximum Gasteiger partial charge on any atom is 0.169 e. The minimum absolute atomic E-state index is 0.0241. The second kappa shape index (κ2) is 5.59. The number of hydrogen-bond donors (Lipinski definition) is 0. The first-order valence-corrected chi connectivity index (χ1v) is 7.34. The highest BCUT2D eigenvalue weighted by molar-refractivity contribution is 9.10. The normalized spacial score (nSPS) is 12.5. The molecule has 0 N–H and O–H groups in total. The molecule has 0 aliphatic rings. The van der Waals surface area contributed by atoms with Gasteiger partial charge in [0.1, 0.15) is 11.5 Å². The minimum Gasteiger partial charge on any atom is -0.496 e. The summed E-state index contributed by atoms with van der Waals surface area (Å²) in [6, 6.07) is 9.74. The van der Waals surface area contributed by atoms with E-state index in [9.17, 15) is 0 Å². The Balaban J connectivity index is 2.31. The molecule has 1 heterocycles. The van der Waals surface area contributed by atoms with Gasteiger partial charge in [0, 0.05) is 0 Å². The van der Waals surface area contributed by atoms with Gasteiger partial charge in [0.2, 0.25) is 0 Å². The third-order valence-corrected chi connectivity index (χ3v) is 4.34. The lowest BCUT2D eigenvalue weighted by atomic mass is 10.1. The van der Waals surface area contributed by atoms with Gasteiger partial charge in [-0.25, -0.2) is 0 Å². The van der Waals surface area contributed by atoms with E-state index in [0.29, 0.717) is 0 Å². The van der Waals surface area contributed by atoms with Gasteiger partial charge in [-0.15, -0.1) is 0 Å². The molecule has 0 aliphatic heterocycles. The van der Waals surface area contributed by atoms with Gasteiger partial charge < -0.3 is 9.15 Å². The van der Waals surface area contributed by atoms with Gasteiger partial charge in [-0.2, -0.15) is 0 Å². The second-order valence-electron chi connectivity index (χ2n) is 3.40. The van der Waals surface area contributed by atoms with E-state index in [2.05, 4.69) is 47.8 Å². The molecule has 1 aromatic carbocycles. The van der Waals surface area contributed by atoms with Gasteiger partial charge in [0.05, 0.1) is 16.4 Å². The van der Waals surface area contributed by atoms with Crippen molar-refractivity contribution < 1.29 is 9.15 Å². The Kier molecular flexibility index (Phi) is 4.33. The van der Waals surface area contributed by atoms with Crippen molar-refractivity contribution in [2.24, 2.45) is 0 Å². The van der Waals surface area contributed by atoms with Gasteiger partial charge in [-0.05, 0) is 61.7 Å². The molecular weight excluding hydrogens is 416 g/mol. The average molecular weight is 425 g/mol. The predicted molar refractivity (Wildman–Crippen MR) is 77.9 cm³/mol. The van der Waals surface area contributed by atoms with Crippen LogP contribution >= 0.6 is 47.8 Å². The van der Waals surface area contributed by atoms with Crippen LogP contribution in [-0.4, -0.2) is 7.11 Å². The summed E-state index contributed by atoms with van der Waals surface area (Å²) in [6.45, 7) is 0. The Morgan fingerprint density at radius 2 is 1.94 bits per heavy atom. The molecule has 1 atom stereocenters. The van der Waals surface area contributed by atoms with E-state index < -0.39 is 0 Å². The molecule has 0 fully saturated rings. The van der Waals surface area contributed by atoms with E-state index in [1.54, 1.807) is 7.11 Å². The van der Waals surface area contributed by atoms with Gasteiger partial charge >= 0.3 is 0 Å². The van der Waals surface area contributed by atoms with Crippen molar-refractivity contribution in [3.8, 4) is 5.75 Å². The van der Waals surface area contributed by atoms with E-state index in [0.717, 1.165) is 26.2 Å². The molecule has 0 saturated carbocycles. The Morgan fingerprint density at radius 3 is 2.47 bits per heavy atom. The van der Waals surface area contributed by atoms with Crippen LogP contribution in [0.3, 0.4) is 0 Å². The van der Waals surface area contributed by atoms with Crippen LogP contribution in [0.1, 0.15) is 16.2 Å². The van der Waals surface area contributed by atoms with E-state index in [-0.39, 0.29) is 4.83 Å². The van der Waals surface area contributed by atoms with Crippen LogP contribution in [0.4, 0.5) is 0 Å². The van der Waals surface area contributed by atoms with Gasteiger partial charge in [0.15, 0.2) is 4.67 Å². The summed E-state index contributed by atoms with van der Waals surface area (Å²) in [7, 11) is 1.65. The molecule has 2 rings (SSSR count). The van der Waals surface area contributed by atoms with Crippen molar-refractivity contribution >= 4 is 47.8 Å². The summed E-state index contributed by atoms with van der Waals surface area (Å²) >= 11 is 10.4. The average Bonchev–Trinajstić information content (AvgIpc) is 2.75. The Morgan fingerprint density at radius 1 is 1.18 bits per heavy atom. The molecule has 17 heavy (non-hydrogen) atoms. The fourth-order valence-corrected chi connectivity index (χ4v) is 2.88. The molecule has 0 bridgehead atoms. The third-order valence-electron chi connectivity index (χ3n) is 2.31. The Labute approximate surface area is 125 Å². The van der Waals surface area contributed by atoms with Crippen molar-refractivity contribution in [1.82, 2.24) is 0 Å². The molecule has 0 aliphatic carbocycles. The molecule has 0 radical (unpaired) electrons. The first-order chi connectivity index (χ1) is 8.11. The zero-order valence-corrected chi connectivity index (χ0v) is 13.7. The maximum atomic E-state index is 5.52. The van der Waals surface area contributed by atoms with Crippen molar-refractivity contribution in [2.75, 3.05) is 7.11 Å². The van der Waals surface area contributed by atoms with E-state index in [1.165, 1.54) is 0 Å². The SMILES string of the molecule is COc1ccc(C(Br)c2ccc(Br)o2)cc1Br. The van der Waals surface area contributed by atoms with E-state index in [1.807, 2.05) is 30.3 Å². The number of furan rings is 1. The number of rotatable bonds is 3. The summed E-state index contributed by atoms with van der Waals surface area (Å²) in [4.78, 5) is 0.0241. The lowest BCUT2D eigenvalue weighted by Crippen LogP contribution is -1.92. The highest BCUT2D eigenvalue weighted by Gasteiger charge is 2.15. The summed E-state index contributed by atoms with van der Waals surface area (Å²) in [5.74, 6) is 1.67. The lowest BCUT2D eigenvalue weighted by Gasteiger charge is -2.10. The summed E-state index contributed by atoms with van der Waals surface area (Å²) < 4.78 is 12.4. The van der Waals surface area contributed by atoms with Crippen LogP contribution in [0.25, 0.3) is 0 Å². The molecule has 0 saturated heterocycles. The zero-order valence-electron chi connectivity index (χ0n) is 8.91. The summed E-state index contributed by atoms with van der Waals surface area (Å²) in [5, 5.41) is 0. The molecule has 5 heteroatoms. The van der Waals surface area contributed by atoms with Crippen LogP contribution in [0.5, 0.6) is 5.75 Å². The molecule has 1 aromatic heterocycles. The van der Waals surface area contributed by atoms with Crippen LogP contribution in [0.15, 0.2) is 43.9 Å². The predicted octanol–water partition coefficient (Wildman–Crippen LogP) is 5.30. The summed E-state index contributed by atoms with van der Waals surface area (Å²) in [6.07, 6.45) is 0. The van der Waals surface area contributed by atoms with Gasteiger partial charge in [-0.1, -0.05) is 22.0 Å². The first kappa shape index (κ1) is 13.2. The number of hydrogen-bond acceptors (Lipinski definition) is 2. The molecular formula is C12H9Br3O2. The number of ether oxygens (including phenoxy) is 1. The van der Waals surface area contributed by atoms with Crippen molar-refractivity contribution in [1.29, 1.82) is 0 Å². The standard InChI is InChI=1S/C12H9Br3O2/c1-16-9-3-2-7(6-8(9)13)12(15)10-4-5-11(14)17-10/h2-6,12H,1H3. The fraction of sp³-hybridized carbons (Fsp3) is 0.167. The van der Waals surface area contributed by atoms with Crippen molar-refractivity contribution in [3.63, 3.8) is 0 Å². The summed E-state index contributed by atoms with van der Waals surface area (Å²) in [5.41, 5.74) is 1.10. The van der Waals surface area contributed by atoms with Gasteiger partial charge in [0.25, 0.3) is 0 Å². The molecule has 0 spiro atoms. The highest BCUT2D eigenvalue weighted by atomic mass is 79.9. The van der Waals surface area contributed by atoms with Crippen molar-refractivity contribution in [2.45, 2.75) is 4.83 Å². The Bertz CT molecular complexity index is 522. The fourth-order valence-electron chi connectivity index (χ4n) is 1.47. The maximum absolute atomic E-state index is 5.52. The van der Waals surface area contributed by atoms with Crippen molar-refractivity contribution in [3.05, 3.63) is 50.8 Å². The highest BCUT2D eigenvalue weighted by Crippen LogP contribution is 2.36. The molecule has 2 aromatic rings. The van der Waals surface area contributed by atoms with Crippen LogP contribution in [0, 0.1) is 0 Å². The minimum atomic E-state index is 0.0241. The van der Waals surface area contributed by atoms with Crippen LogP contribution in [-0.2, 0) is 0 Å². The molecule has 1 unspecified atom stereocenters. The zero-order chi connectivity index (χ0) is 12.4. The topological polar surface area (TPSA) is 22.4 Å². The second-order valence-corrected chi connectivity index (χ2v) is 5.95. The molecule has 90 valence electrons. The first-order valence-electron chi connectivity index (χ1n) is 4.84. The number of alkyl halides is 1. The van der Waals surface area contributed by atoms with E-state index in [4.69, 9.17) is 9.15 Å². The lowest BCUT2D eigenvalue weighted by molar-refractivity contribution is 0.412. The smallest absolute Gasteiger partial charge is 0.169 e. The molecule has 2 nitrogen and oxygen atoms in total. The largest absolute Gasteiger partial charge is 0.496 e. The quantitative estimate of drug-likeness (QED) is 0.624. The third kappa shape index (κ3) is 2.95. The number of methoxy groups -OCH3 is 1. The monoisotopic (exact) mass is 422 g/mol. The van der Waals surface area contributed by atoms with Crippen LogP contribution < -0.4 is 4.74 Å². The van der Waals surface area contributed by atoms with E-state index >= 15 is 0 Å².